The zero-order valence-electron chi connectivity index (χ0n) is 75.1. The first kappa shape index (κ1) is 129. The van der Waals surface area contributed by atoms with Crippen molar-refractivity contribution in [2.45, 2.75) is 69.6 Å². The summed E-state index contributed by atoms with van der Waals surface area (Å²) in [4.78, 5) is 141. The molecule has 0 aliphatic carbocycles. The summed E-state index contributed by atoms with van der Waals surface area (Å²) in [5, 5.41) is 72.1. The van der Waals surface area contributed by atoms with E-state index in [9.17, 15) is 80.0 Å². The monoisotopic (exact) mass is 2160 g/mol. The van der Waals surface area contributed by atoms with Crippen LogP contribution in [-0.4, -0.2) is 157 Å². The van der Waals surface area contributed by atoms with Gasteiger partial charge in [0.15, 0.2) is 34.4 Å². The summed E-state index contributed by atoms with van der Waals surface area (Å²) in [5.41, 5.74) is 17.4. The number of aromatic nitrogens is 6. The van der Waals surface area contributed by atoms with Gasteiger partial charge in [0, 0.05) is 46.5 Å². The molecule has 0 unspecified atom stereocenters. The zero-order chi connectivity index (χ0) is 99.7. The summed E-state index contributed by atoms with van der Waals surface area (Å²) >= 11 is -6.03. The number of nitro benzene ring substituents is 1. The molecule has 49 heteroatoms. The molecule has 1 aliphatic heterocycles. The molecule has 9 N–H and O–H groups in total. The van der Waals surface area contributed by atoms with Crippen LogP contribution in [0.15, 0.2) is 237 Å². The number of carboxylic acid groups (broad SMARTS) is 1. The van der Waals surface area contributed by atoms with Crippen LogP contribution in [0.2, 0.25) is 0 Å². The van der Waals surface area contributed by atoms with Crippen molar-refractivity contribution in [3.63, 3.8) is 0 Å². The van der Waals surface area contributed by atoms with Crippen LogP contribution in [0.25, 0.3) is 26.8 Å². The Bertz CT molecular complexity index is 6570. The number of aliphatic hydroxyl groups is 2. The van der Waals surface area contributed by atoms with Gasteiger partial charge in [-0.3, -0.25) is 38.9 Å². The number of aryl methyl sites for hydroxylation is 3. The van der Waals surface area contributed by atoms with E-state index in [4.69, 9.17) is 67.5 Å². The van der Waals surface area contributed by atoms with Crippen molar-refractivity contribution in [3.8, 4) is 34.6 Å². The van der Waals surface area contributed by atoms with Crippen molar-refractivity contribution in [2.24, 2.45) is 0 Å². The van der Waals surface area contributed by atoms with Gasteiger partial charge < -0.3 is 75.4 Å². The van der Waals surface area contributed by atoms with Gasteiger partial charge >= 0.3 is 206 Å². The number of aldehydes is 1. The second kappa shape index (κ2) is 63.8. The van der Waals surface area contributed by atoms with Crippen molar-refractivity contribution in [1.29, 1.82) is 5.26 Å². The number of nitrogens with zero attached hydrogens (tertiary/aromatic N) is 10. The van der Waals surface area contributed by atoms with E-state index >= 15 is 0 Å². The average molecular weight is 2170 g/mol. The summed E-state index contributed by atoms with van der Waals surface area (Å²) in [6.45, 7) is 22.1. The standard InChI is InChI=1S/C19H15FN4O2.C19H13FN4O2.C13H13IO8.C12H9N3O2.C7H4FNO4.C7H6FNO2.C7H8FNO.C6H5.CH2O3.2CH4.Al.BrH.Li.Mg.Na.4H/c2*1-12-6-18(24(23-12)17-5-3-4-15(10-17)21-2)19(26)22-16-8-13(11-25)7-14(20)9-16;1-8(15)19-14(20-9(2)16,21-10(3)17)12-7-5-4-6-11(12)13(18)22-14;1-8-5-11(12(16)17)15(14-8)10-4-2-3-9(6-10)7-13;8-5-1-6(9(11)12)3-7(2-5)13-4-10;8-5-1-6(9)3-7(2-5)11-4-10;8-6-1-5(4-10)2-7(9)3-6;1-2-4-6-5-3-1;2-1-4-3;;;;;;;;;;;/h3-10,25H,11H2,1H3,(H,22,26);3-11H,1H3,(H,22,26);4-7H,1-3H3;2-6H,1H3,(H,16,17);1-4H;1-4H,9H2;1-3,10H,4,9H2;1-5H;1,3H;2*1H4;;1H;;;;;;;/q;;;;;;;-1;;;;;;+1;+2;+1;;;;-1/p-2. The number of carbonyl (C=O) groups is 11. The molecule has 142 heavy (non-hydrogen) atoms. The Labute approximate surface area is 883 Å². The van der Waals surface area contributed by atoms with Gasteiger partial charge in [0.25, 0.3) is 36.9 Å². The third kappa shape index (κ3) is 40.3. The predicted octanol–water partition coefficient (Wildman–Crippen LogP) is 5.12. The first-order chi connectivity index (χ1) is 64.3. The van der Waals surface area contributed by atoms with E-state index in [2.05, 4.69) is 56.0 Å². The number of nitrogen functional groups attached to an aromatic ring is 2. The Morgan fingerprint density at radius 1 is 0.570 bits per heavy atom. The molecule has 4 heterocycles. The molecule has 728 valence electrons. The number of nitrogens with two attached hydrogens (primary N) is 2. The fourth-order valence-corrected chi connectivity index (χ4v) is 18.9. The van der Waals surface area contributed by atoms with E-state index in [0.29, 0.717) is 74.2 Å². The first-order valence-electron chi connectivity index (χ1n) is 37.8. The van der Waals surface area contributed by atoms with Crippen molar-refractivity contribution >= 4 is 166 Å². The maximum atomic E-state index is 13.6. The third-order valence-electron chi connectivity index (χ3n) is 16.0. The fourth-order valence-electron chi connectivity index (χ4n) is 11.1. The number of anilines is 4. The number of carboxylic acids is 1. The van der Waals surface area contributed by atoms with Crippen molar-refractivity contribution in [1.82, 2.24) is 29.3 Å². The Morgan fingerprint density at radius 3 is 1.38 bits per heavy atom. The van der Waals surface area contributed by atoms with Crippen LogP contribution in [0, 0.1) is 94.1 Å². The summed E-state index contributed by atoms with van der Waals surface area (Å²) in [6, 6.07) is 62.6. The quantitative estimate of drug-likeness (QED) is 0.00599. The van der Waals surface area contributed by atoms with Crippen molar-refractivity contribution in [3.05, 3.63) is 370 Å². The number of halogens is 7. The Morgan fingerprint density at radius 2 is 0.979 bits per heavy atom. The van der Waals surface area contributed by atoms with Crippen LogP contribution < -0.4 is 102 Å². The number of nitrogens with one attached hydrogen (secondary N) is 2. The number of rotatable bonds is 20. The van der Waals surface area contributed by atoms with Gasteiger partial charge in [0.05, 0.1) is 89.2 Å². The van der Waals surface area contributed by atoms with Gasteiger partial charge in [-0.2, -0.15) is 57.0 Å². The van der Waals surface area contributed by atoms with Gasteiger partial charge in [0.2, 0.25) is 0 Å². The number of nitro groups is 1. The topological polar surface area (TPSA) is 541 Å². The smallest absolute Gasteiger partial charge is 1.00 e. The number of nitriles is 1. The van der Waals surface area contributed by atoms with Gasteiger partial charge in [-0.1, -0.05) is 45.2 Å². The summed E-state index contributed by atoms with van der Waals surface area (Å²) in [5.74, 6) is -8.71. The second-order valence-corrected chi connectivity index (χ2v) is 33.2. The number of fused-ring (bicyclic) bond motifs is 1. The van der Waals surface area contributed by atoms with E-state index in [1.165, 1.54) is 86.8 Å². The van der Waals surface area contributed by atoms with Crippen molar-refractivity contribution < 1.29 is 194 Å². The number of hydrogen-bond acceptors (Lipinski definition) is 29. The van der Waals surface area contributed by atoms with E-state index in [-0.39, 0.29) is 215 Å². The molecule has 13 aromatic rings. The molecule has 0 bridgehead atoms. The molecule has 10 aromatic carbocycles. The summed E-state index contributed by atoms with van der Waals surface area (Å²) < 4.78 is 97.9. The normalized spacial score (nSPS) is 10.6. The van der Waals surface area contributed by atoms with Crippen LogP contribution in [0.1, 0.15) is 123 Å². The SMILES string of the molecule is C.C.CC(=O)OI1(OC(C)=O)(OC(C)=O)OC(=O)c2ccccc21.Cc1cc(C(=O)O)n(-c2cccc(C#N)c2)n1.Nc1cc(F)cc(CO)c1.Nc1cc(F)cc(OC=O)c1.O=CO[O-].O=COc1cc(F)cc([N+](=O)[O-])c1.[AlH3].[Br-].[C-]#[N+]c1cccc(-n2nc(C)cc2C(=O)Nc2cc(F)cc(C=O)c2)c1.[C-]#[N+]c1cccc(-n2nc(C)cc2C(=O)Nc2cc(F)cc(CO)c2)c1.[H-].[Li+].[Mg+2].[Na+].[c-]1ccccc1. The number of amides is 2. The summed E-state index contributed by atoms with van der Waals surface area (Å²) in [7, 11) is 0. The number of aromatic carboxylic acids is 1. The van der Waals surface area contributed by atoms with Gasteiger partial charge in [0.1, 0.15) is 58.3 Å². The molecule has 0 spiro atoms. The zero-order valence-corrected chi connectivity index (χ0v) is 81.3. The van der Waals surface area contributed by atoms with E-state index in [0.717, 1.165) is 63.2 Å². The molecule has 0 atom stereocenters. The molecular weight excluding hydrogens is 2080 g/mol. The van der Waals surface area contributed by atoms with Crippen LogP contribution in [0.3, 0.4) is 0 Å². The molecule has 1 aliphatic rings. The molecule has 0 saturated heterocycles. The van der Waals surface area contributed by atoms with Crippen molar-refractivity contribution in [2.75, 3.05) is 22.1 Å². The van der Waals surface area contributed by atoms with E-state index in [1.807, 2.05) is 36.4 Å². The summed E-state index contributed by atoms with van der Waals surface area (Å²) in [6.07, 6.45) is 0.503. The number of aliphatic hydroxyl groups excluding tert-OH is 2. The number of carbonyl (C=O) groups excluding carboxylic acids is 10. The van der Waals surface area contributed by atoms with E-state index in [1.54, 1.807) is 112 Å². The minimum Gasteiger partial charge on any atom is -1.00 e. The maximum absolute atomic E-state index is 13.6. The Kier molecular flexibility index (Phi) is 58.1. The molecule has 0 radical (unpaired) electrons. The Hall–Kier alpha value is -14.7. The number of hydrogen-bond donors (Lipinski definition) is 7. The fraction of sp³-hybridized carbons (Fsp3) is 0.108. The van der Waals surface area contributed by atoms with Gasteiger partial charge in [-0.15, -0.1) is 0 Å². The second-order valence-electron chi connectivity index (χ2n) is 26.4. The number of non-ortho nitro benzene ring substituents is 1. The molecule has 0 saturated carbocycles. The molecule has 3 aromatic heterocycles. The average Bonchev–Trinajstić information content (AvgIpc) is 1.54. The van der Waals surface area contributed by atoms with Gasteiger partial charge in [-0.25, -0.2) is 50.5 Å². The minimum absolute atomic E-state index is 0. The van der Waals surface area contributed by atoms with Gasteiger partial charge in [-0.05, 0) is 153 Å². The first-order valence-corrected chi connectivity index (χ1v) is 42.4. The molecule has 2 amide bonds. The van der Waals surface area contributed by atoms with Crippen LogP contribution >= 0.6 is 18.7 Å². The molecule has 0 fully saturated rings. The predicted molar refractivity (Wildman–Crippen MR) is 506 cm³/mol. The van der Waals surface area contributed by atoms with Crippen LogP contribution in [0.5, 0.6) is 11.5 Å². The van der Waals surface area contributed by atoms with Crippen LogP contribution in [0.4, 0.5) is 61.8 Å². The maximum Gasteiger partial charge on any atom is 2.00 e. The van der Waals surface area contributed by atoms with Crippen LogP contribution in [-0.2, 0) is 59.1 Å². The number of benzene rings is 10. The van der Waals surface area contributed by atoms with E-state index < -0.39 is 100 Å². The largest absolute Gasteiger partial charge is 2.00 e. The third-order valence-corrected chi connectivity index (χ3v) is 24.1. The molecule has 38 nitrogen and oxygen atoms in total. The Balaban J connectivity index is -0.00000159. The molecule has 14 rings (SSSR count). The number of ether oxygens (including phenoxy) is 2. The minimum atomic E-state index is -6.03. The molecular formula is C93H86AlBrF5ILiMgN14NaO24.